The van der Waals surface area contributed by atoms with Gasteiger partial charge in [0.05, 0.1) is 7.11 Å². The van der Waals surface area contributed by atoms with E-state index in [2.05, 4.69) is 16.1 Å². The molecular formula is C13H23NO3. The number of esters is 1. The minimum atomic E-state index is -1.43. The molecular weight excluding hydrogens is 218 g/mol. The van der Waals surface area contributed by atoms with Crippen LogP contribution in [0.5, 0.6) is 0 Å². The molecule has 0 aromatic heterocycles. The van der Waals surface area contributed by atoms with Crippen LogP contribution in [-0.2, 0) is 9.53 Å². The van der Waals surface area contributed by atoms with Crippen molar-refractivity contribution in [1.29, 1.82) is 0 Å². The Hall–Kier alpha value is -0.870. The number of ether oxygens (including phenoxy) is 1. The van der Waals surface area contributed by atoms with Crippen molar-refractivity contribution in [2.75, 3.05) is 20.2 Å². The molecule has 98 valence electrons. The number of hydrogen-bond acceptors (Lipinski definition) is 4. The summed E-state index contributed by atoms with van der Waals surface area (Å²) in [6, 6.07) is 0. The molecule has 4 heteroatoms. The Bertz CT molecular complexity index is 284. The fourth-order valence-corrected chi connectivity index (χ4v) is 2.00. The second-order valence-electron chi connectivity index (χ2n) is 4.80. The highest BCUT2D eigenvalue weighted by atomic mass is 16.5. The Labute approximate surface area is 103 Å². The van der Waals surface area contributed by atoms with Gasteiger partial charge in [-0.25, -0.2) is 4.79 Å². The third-order valence-electron chi connectivity index (χ3n) is 3.10. The number of nitrogens with one attached hydrogen (secondary N) is 1. The molecule has 1 atom stereocenters. The van der Waals surface area contributed by atoms with E-state index in [-0.39, 0.29) is 6.54 Å². The van der Waals surface area contributed by atoms with Crippen LogP contribution < -0.4 is 5.32 Å². The summed E-state index contributed by atoms with van der Waals surface area (Å²) in [7, 11) is 1.28. The zero-order valence-electron chi connectivity index (χ0n) is 10.8. The van der Waals surface area contributed by atoms with E-state index < -0.39 is 11.6 Å². The molecule has 0 fully saturated rings. The Morgan fingerprint density at radius 3 is 2.94 bits per heavy atom. The van der Waals surface area contributed by atoms with Gasteiger partial charge in [0.15, 0.2) is 5.60 Å². The molecule has 0 heterocycles. The van der Waals surface area contributed by atoms with E-state index in [1.54, 1.807) is 0 Å². The van der Waals surface area contributed by atoms with Crippen molar-refractivity contribution in [3.05, 3.63) is 11.6 Å². The first-order valence-electron chi connectivity index (χ1n) is 6.25. The molecule has 1 unspecified atom stereocenters. The zero-order valence-corrected chi connectivity index (χ0v) is 10.8. The lowest BCUT2D eigenvalue weighted by Crippen LogP contribution is -2.45. The number of carbonyl (C=O) groups is 1. The van der Waals surface area contributed by atoms with Crippen molar-refractivity contribution in [1.82, 2.24) is 5.32 Å². The Morgan fingerprint density at radius 1 is 1.59 bits per heavy atom. The van der Waals surface area contributed by atoms with Crippen LogP contribution in [-0.4, -0.2) is 36.9 Å². The maximum atomic E-state index is 11.2. The van der Waals surface area contributed by atoms with Crippen molar-refractivity contribution >= 4 is 5.97 Å². The highest BCUT2D eigenvalue weighted by Crippen LogP contribution is 2.19. The van der Waals surface area contributed by atoms with Crippen LogP contribution in [0.25, 0.3) is 0 Å². The largest absolute Gasteiger partial charge is 0.467 e. The van der Waals surface area contributed by atoms with Gasteiger partial charge in [0.1, 0.15) is 0 Å². The summed E-state index contributed by atoms with van der Waals surface area (Å²) in [5, 5.41) is 12.9. The summed E-state index contributed by atoms with van der Waals surface area (Å²) in [4.78, 5) is 11.2. The highest BCUT2D eigenvalue weighted by molar-refractivity contribution is 5.78. The van der Waals surface area contributed by atoms with Crippen LogP contribution in [0.2, 0.25) is 0 Å². The van der Waals surface area contributed by atoms with Gasteiger partial charge in [0, 0.05) is 6.54 Å². The van der Waals surface area contributed by atoms with Gasteiger partial charge in [-0.05, 0) is 45.6 Å². The van der Waals surface area contributed by atoms with Gasteiger partial charge in [-0.2, -0.15) is 0 Å². The third kappa shape index (κ3) is 4.88. The molecule has 0 spiro atoms. The fraction of sp³-hybridized carbons (Fsp3) is 0.769. The van der Waals surface area contributed by atoms with E-state index >= 15 is 0 Å². The minimum Gasteiger partial charge on any atom is -0.467 e. The van der Waals surface area contributed by atoms with Crippen molar-refractivity contribution in [2.24, 2.45) is 0 Å². The van der Waals surface area contributed by atoms with Crippen molar-refractivity contribution in [3.63, 3.8) is 0 Å². The van der Waals surface area contributed by atoms with Crippen LogP contribution in [0.3, 0.4) is 0 Å². The lowest BCUT2D eigenvalue weighted by molar-refractivity contribution is -0.159. The molecule has 0 saturated carbocycles. The van der Waals surface area contributed by atoms with Gasteiger partial charge in [0.2, 0.25) is 0 Å². The average Bonchev–Trinajstić information content (AvgIpc) is 2.35. The number of aliphatic hydroxyl groups is 1. The summed E-state index contributed by atoms with van der Waals surface area (Å²) in [5.74, 6) is -0.595. The smallest absolute Gasteiger partial charge is 0.338 e. The topological polar surface area (TPSA) is 58.6 Å². The van der Waals surface area contributed by atoms with Crippen LogP contribution in [0.1, 0.15) is 39.0 Å². The molecule has 0 aromatic carbocycles. The van der Waals surface area contributed by atoms with Gasteiger partial charge >= 0.3 is 5.97 Å². The third-order valence-corrected chi connectivity index (χ3v) is 3.10. The van der Waals surface area contributed by atoms with Gasteiger partial charge < -0.3 is 15.2 Å². The van der Waals surface area contributed by atoms with E-state index in [9.17, 15) is 9.90 Å². The Balaban J connectivity index is 2.19. The number of rotatable bonds is 6. The van der Waals surface area contributed by atoms with E-state index in [1.807, 2.05) is 0 Å². The number of carbonyl (C=O) groups excluding carboxylic acids is 1. The molecule has 0 aromatic rings. The average molecular weight is 241 g/mol. The first kappa shape index (κ1) is 14.2. The molecule has 1 rings (SSSR count). The minimum absolute atomic E-state index is 0.229. The first-order valence-corrected chi connectivity index (χ1v) is 6.25. The quantitative estimate of drug-likeness (QED) is 0.419. The molecule has 0 saturated heterocycles. The van der Waals surface area contributed by atoms with Crippen LogP contribution in [0.15, 0.2) is 11.6 Å². The zero-order chi connectivity index (χ0) is 12.7. The molecule has 17 heavy (non-hydrogen) atoms. The monoisotopic (exact) mass is 241 g/mol. The van der Waals surface area contributed by atoms with Crippen LogP contribution in [0, 0.1) is 0 Å². The summed E-state index contributed by atoms with van der Waals surface area (Å²) in [6.07, 6.45) is 8.27. The molecule has 0 aliphatic heterocycles. The predicted molar refractivity (Wildman–Crippen MR) is 66.7 cm³/mol. The van der Waals surface area contributed by atoms with Crippen molar-refractivity contribution in [2.45, 2.75) is 44.6 Å². The standard InChI is InChI=1S/C13H23NO3/c1-13(16,12(15)17-2)10-14-9-8-11-6-4-3-5-7-11/h6,14,16H,3-5,7-10H2,1-2H3. The van der Waals surface area contributed by atoms with E-state index in [0.29, 0.717) is 0 Å². The maximum absolute atomic E-state index is 11.2. The molecule has 4 nitrogen and oxygen atoms in total. The van der Waals surface area contributed by atoms with E-state index in [1.165, 1.54) is 45.3 Å². The molecule has 1 aliphatic carbocycles. The number of hydrogen-bond donors (Lipinski definition) is 2. The van der Waals surface area contributed by atoms with Gasteiger partial charge in [-0.3, -0.25) is 0 Å². The maximum Gasteiger partial charge on any atom is 0.338 e. The molecule has 0 amide bonds. The normalized spacial score (nSPS) is 19.4. The van der Waals surface area contributed by atoms with Crippen molar-refractivity contribution in [3.8, 4) is 0 Å². The highest BCUT2D eigenvalue weighted by Gasteiger charge is 2.30. The molecule has 1 aliphatic rings. The molecule has 2 N–H and O–H groups in total. The SMILES string of the molecule is COC(=O)C(C)(O)CNCCC1=CCCCC1. The summed E-state index contributed by atoms with van der Waals surface area (Å²) in [5.41, 5.74) is 0.0526. The van der Waals surface area contributed by atoms with Crippen LogP contribution in [0.4, 0.5) is 0 Å². The van der Waals surface area contributed by atoms with E-state index in [0.717, 1.165) is 13.0 Å². The second-order valence-corrected chi connectivity index (χ2v) is 4.80. The summed E-state index contributed by atoms with van der Waals surface area (Å²) < 4.78 is 4.52. The lowest BCUT2D eigenvalue weighted by atomic mass is 9.97. The van der Waals surface area contributed by atoms with Gasteiger partial charge in [0.25, 0.3) is 0 Å². The van der Waals surface area contributed by atoms with Gasteiger partial charge in [-0.15, -0.1) is 0 Å². The second kappa shape index (κ2) is 6.77. The fourth-order valence-electron chi connectivity index (χ4n) is 2.00. The van der Waals surface area contributed by atoms with Crippen LogP contribution >= 0.6 is 0 Å². The predicted octanol–water partition coefficient (Wildman–Crippen LogP) is 1.39. The summed E-state index contributed by atoms with van der Waals surface area (Å²) in [6.45, 7) is 2.48. The number of allylic oxidation sites excluding steroid dienone is 1. The Kier molecular flexibility index (Phi) is 5.65. The first-order chi connectivity index (χ1) is 8.06. The molecule has 0 bridgehead atoms. The lowest BCUT2D eigenvalue weighted by Gasteiger charge is -2.21. The van der Waals surface area contributed by atoms with Gasteiger partial charge in [-0.1, -0.05) is 11.6 Å². The van der Waals surface area contributed by atoms with E-state index in [4.69, 9.17) is 0 Å². The number of methoxy groups -OCH3 is 1. The summed E-state index contributed by atoms with van der Waals surface area (Å²) >= 11 is 0. The van der Waals surface area contributed by atoms with Crippen molar-refractivity contribution < 1.29 is 14.6 Å². The Morgan fingerprint density at radius 2 is 2.35 bits per heavy atom. The molecule has 0 radical (unpaired) electrons.